The van der Waals surface area contributed by atoms with Gasteiger partial charge in [0.15, 0.2) is 17.0 Å². The molecule has 194 valence electrons. The van der Waals surface area contributed by atoms with Gasteiger partial charge in [-0.25, -0.2) is 4.98 Å². The van der Waals surface area contributed by atoms with Gasteiger partial charge in [-0.3, -0.25) is 0 Å². The normalized spacial score (nSPS) is 11.3. The molecule has 0 bridgehead atoms. The maximum atomic E-state index is 10.3. The highest BCUT2D eigenvalue weighted by Gasteiger charge is 2.25. The molecular weight excluding hydrogens is 516 g/mol. The van der Waals surface area contributed by atoms with Crippen LogP contribution < -0.4 is 0 Å². The van der Waals surface area contributed by atoms with Gasteiger partial charge in [0.1, 0.15) is 23.4 Å². The highest BCUT2D eigenvalue weighted by atomic mass is 16.3. The lowest BCUT2D eigenvalue weighted by Gasteiger charge is -2.11. The van der Waals surface area contributed by atoms with Crippen molar-refractivity contribution in [1.29, 1.82) is 10.5 Å². The molecule has 3 heterocycles. The number of fused-ring (bicyclic) bond motifs is 6. The van der Waals surface area contributed by atoms with Gasteiger partial charge in [0.2, 0.25) is 0 Å². The molecule has 42 heavy (non-hydrogen) atoms. The number of benzene rings is 5. The van der Waals surface area contributed by atoms with Crippen LogP contribution in [0.15, 0.2) is 126 Å². The first-order valence-electron chi connectivity index (χ1n) is 13.6. The molecule has 0 atom stereocenters. The third-order valence-corrected chi connectivity index (χ3v) is 7.91. The Bertz CT molecular complexity index is 2420. The van der Waals surface area contributed by atoms with Crippen LogP contribution in [0.1, 0.15) is 11.4 Å². The van der Waals surface area contributed by atoms with E-state index in [2.05, 4.69) is 58.1 Å². The summed E-state index contributed by atoms with van der Waals surface area (Å²) in [6, 6.07) is 45.3. The van der Waals surface area contributed by atoms with E-state index in [1.54, 1.807) is 0 Å². The van der Waals surface area contributed by atoms with Gasteiger partial charge in [-0.15, -0.1) is 0 Å². The lowest BCUT2D eigenvalue weighted by molar-refractivity contribution is 0.665. The van der Waals surface area contributed by atoms with Crippen molar-refractivity contribution in [3.8, 4) is 40.1 Å². The molecule has 0 amide bonds. The molecule has 0 fully saturated rings. The molecule has 8 rings (SSSR count). The summed E-state index contributed by atoms with van der Waals surface area (Å²) in [5.74, 6) is 0. The van der Waals surface area contributed by atoms with E-state index in [9.17, 15) is 10.5 Å². The van der Waals surface area contributed by atoms with E-state index in [1.807, 2.05) is 84.9 Å². The molecule has 0 unspecified atom stereocenters. The summed E-state index contributed by atoms with van der Waals surface area (Å²) in [5, 5.41) is 24.0. The van der Waals surface area contributed by atoms with E-state index in [0.717, 1.165) is 49.4 Å². The van der Waals surface area contributed by atoms with Crippen LogP contribution in [0.3, 0.4) is 0 Å². The maximum absolute atomic E-state index is 10.3. The Morgan fingerprint density at radius 1 is 0.548 bits per heavy atom. The lowest BCUT2D eigenvalue weighted by atomic mass is 10.0. The summed E-state index contributed by atoms with van der Waals surface area (Å²) in [4.78, 5) is 4.59. The standard InChI is InChI=1S/C37H20N4O/c38-21-30-35-29-20-26(24-11-5-2-6-12-24)16-18-34(29)42-37(35)36(31(22-39)40-30)41-32-14-8-7-13-27(32)28-19-25(15-17-33(28)41)23-9-3-1-4-10-23/h1-20H. The van der Waals surface area contributed by atoms with Crippen molar-refractivity contribution >= 4 is 43.7 Å². The second kappa shape index (κ2) is 9.20. The largest absolute Gasteiger partial charge is 0.454 e. The smallest absolute Gasteiger partial charge is 0.169 e. The Kier molecular flexibility index (Phi) is 5.19. The fourth-order valence-corrected chi connectivity index (χ4v) is 6.03. The number of hydrogen-bond donors (Lipinski definition) is 0. The molecule has 0 aliphatic carbocycles. The van der Waals surface area contributed by atoms with Gasteiger partial charge in [-0.1, -0.05) is 91.0 Å². The van der Waals surface area contributed by atoms with Crippen molar-refractivity contribution in [2.75, 3.05) is 0 Å². The third kappa shape index (κ3) is 3.45. The van der Waals surface area contributed by atoms with Crippen molar-refractivity contribution in [3.05, 3.63) is 133 Å². The van der Waals surface area contributed by atoms with E-state index in [4.69, 9.17) is 4.42 Å². The first kappa shape index (κ1) is 23.7. The number of furan rings is 1. The zero-order valence-electron chi connectivity index (χ0n) is 22.2. The van der Waals surface area contributed by atoms with Crippen LogP contribution in [0.25, 0.3) is 71.7 Å². The molecule has 0 N–H and O–H groups in total. The van der Waals surface area contributed by atoms with Crippen molar-refractivity contribution in [3.63, 3.8) is 0 Å². The topological polar surface area (TPSA) is 78.5 Å². The van der Waals surface area contributed by atoms with Crippen LogP contribution in [0.2, 0.25) is 0 Å². The van der Waals surface area contributed by atoms with E-state index in [1.165, 1.54) is 0 Å². The highest BCUT2D eigenvalue weighted by molar-refractivity contribution is 6.15. The molecule has 0 aliphatic rings. The van der Waals surface area contributed by atoms with Gasteiger partial charge < -0.3 is 8.98 Å². The highest BCUT2D eigenvalue weighted by Crippen LogP contribution is 2.41. The summed E-state index contributed by atoms with van der Waals surface area (Å²) in [7, 11) is 0. The molecular formula is C37H20N4O. The van der Waals surface area contributed by atoms with Gasteiger partial charge in [-0.05, 0) is 52.6 Å². The van der Waals surface area contributed by atoms with Crippen molar-refractivity contribution in [2.24, 2.45) is 0 Å². The minimum Gasteiger partial charge on any atom is -0.454 e. The number of nitrogens with zero attached hydrogens (tertiary/aromatic N) is 4. The van der Waals surface area contributed by atoms with E-state index in [0.29, 0.717) is 22.2 Å². The summed E-state index contributed by atoms with van der Waals surface area (Å²) in [6.07, 6.45) is 0. The molecule has 3 aromatic heterocycles. The van der Waals surface area contributed by atoms with Gasteiger partial charge in [-0.2, -0.15) is 10.5 Å². The molecule has 0 spiro atoms. The summed E-state index contributed by atoms with van der Waals surface area (Å²) >= 11 is 0. The predicted molar refractivity (Wildman–Crippen MR) is 166 cm³/mol. The van der Waals surface area contributed by atoms with E-state index < -0.39 is 0 Å². The monoisotopic (exact) mass is 536 g/mol. The van der Waals surface area contributed by atoms with Gasteiger partial charge in [0.05, 0.1) is 16.4 Å². The van der Waals surface area contributed by atoms with Crippen LogP contribution in [-0.4, -0.2) is 9.55 Å². The fourth-order valence-electron chi connectivity index (χ4n) is 6.03. The molecule has 0 aliphatic heterocycles. The lowest BCUT2D eigenvalue weighted by Crippen LogP contribution is -2.02. The average molecular weight is 537 g/mol. The zero-order chi connectivity index (χ0) is 28.2. The predicted octanol–water partition coefficient (Wildman–Crippen LogP) is 9.16. The van der Waals surface area contributed by atoms with Crippen LogP contribution in [0.5, 0.6) is 0 Å². The molecule has 5 nitrogen and oxygen atoms in total. The van der Waals surface area contributed by atoms with Crippen LogP contribution in [-0.2, 0) is 0 Å². The third-order valence-electron chi connectivity index (χ3n) is 7.91. The Morgan fingerprint density at radius 3 is 1.83 bits per heavy atom. The Morgan fingerprint density at radius 2 is 1.14 bits per heavy atom. The van der Waals surface area contributed by atoms with Crippen molar-refractivity contribution < 1.29 is 4.42 Å². The number of aromatic nitrogens is 2. The maximum Gasteiger partial charge on any atom is 0.169 e. The molecule has 8 aromatic rings. The Labute approximate surface area is 240 Å². The van der Waals surface area contributed by atoms with E-state index >= 15 is 0 Å². The van der Waals surface area contributed by atoms with Crippen molar-refractivity contribution in [2.45, 2.75) is 0 Å². The molecule has 0 radical (unpaired) electrons. The summed E-state index contributed by atoms with van der Waals surface area (Å²) < 4.78 is 8.56. The number of hydrogen-bond acceptors (Lipinski definition) is 4. The molecule has 5 aromatic carbocycles. The van der Waals surface area contributed by atoms with Gasteiger partial charge in [0.25, 0.3) is 0 Å². The van der Waals surface area contributed by atoms with Crippen LogP contribution in [0, 0.1) is 22.7 Å². The molecule has 0 saturated carbocycles. The molecule has 5 heteroatoms. The first-order valence-corrected chi connectivity index (χ1v) is 13.6. The van der Waals surface area contributed by atoms with Crippen molar-refractivity contribution in [1.82, 2.24) is 9.55 Å². The van der Waals surface area contributed by atoms with Gasteiger partial charge in [0, 0.05) is 16.2 Å². The quantitative estimate of drug-likeness (QED) is 0.225. The second-order valence-electron chi connectivity index (χ2n) is 10.2. The minimum absolute atomic E-state index is 0.135. The summed E-state index contributed by atoms with van der Waals surface area (Å²) in [6.45, 7) is 0. The molecule has 0 saturated heterocycles. The Balaban J connectivity index is 1.48. The average Bonchev–Trinajstić information content (AvgIpc) is 3.60. The number of para-hydroxylation sites is 1. The van der Waals surface area contributed by atoms with Crippen LogP contribution >= 0.6 is 0 Å². The SMILES string of the molecule is N#Cc1nc(C#N)c2c(oc3ccc(-c4ccccc4)cc32)c1-n1c2ccccc2c2cc(-c3ccccc3)ccc21. The van der Waals surface area contributed by atoms with Gasteiger partial charge >= 0.3 is 0 Å². The van der Waals surface area contributed by atoms with Crippen LogP contribution in [0.4, 0.5) is 0 Å². The Hall–Kier alpha value is -6.17. The zero-order valence-corrected chi connectivity index (χ0v) is 22.2. The summed E-state index contributed by atoms with van der Waals surface area (Å²) in [5.41, 5.74) is 8.07. The van der Waals surface area contributed by atoms with E-state index in [-0.39, 0.29) is 11.4 Å². The number of nitriles is 2. The fraction of sp³-hybridized carbons (Fsp3) is 0. The number of rotatable bonds is 3. The first-order chi connectivity index (χ1) is 20.7. The number of pyridine rings is 1. The minimum atomic E-state index is 0.135. The second-order valence-corrected chi connectivity index (χ2v) is 10.2.